The lowest BCUT2D eigenvalue weighted by Crippen LogP contribution is -2.10. The normalized spacial score (nSPS) is 13.3. The summed E-state index contributed by atoms with van der Waals surface area (Å²) in [6.45, 7) is 0. The Hall–Kier alpha value is -2.09. The molecule has 1 aliphatic rings. The smallest absolute Gasteiger partial charge is 0.131 e. The van der Waals surface area contributed by atoms with E-state index in [0.29, 0.717) is 6.42 Å². The molecule has 90 valence electrons. The van der Waals surface area contributed by atoms with Crippen LogP contribution < -0.4 is 4.74 Å². The van der Waals surface area contributed by atoms with Crippen LogP contribution in [0.3, 0.4) is 0 Å². The summed E-state index contributed by atoms with van der Waals surface area (Å²) >= 11 is 0. The minimum atomic E-state index is 0.261. The number of hydrogen-bond donors (Lipinski definition) is 0. The highest BCUT2D eigenvalue weighted by molar-refractivity contribution is 5.55. The summed E-state index contributed by atoms with van der Waals surface area (Å²) in [5.41, 5.74) is 2.36. The lowest BCUT2D eigenvalue weighted by Gasteiger charge is -2.27. The third kappa shape index (κ3) is 1.80. The van der Waals surface area contributed by atoms with Gasteiger partial charge in [-0.1, -0.05) is 36.4 Å². The van der Waals surface area contributed by atoms with Crippen molar-refractivity contribution in [1.29, 1.82) is 0 Å². The molecule has 0 radical (unpaired) electrons. The summed E-state index contributed by atoms with van der Waals surface area (Å²) in [7, 11) is 0. The highest BCUT2D eigenvalue weighted by Crippen LogP contribution is 2.45. The van der Waals surface area contributed by atoms with Gasteiger partial charge in [0.1, 0.15) is 17.8 Å². The quantitative estimate of drug-likeness (QED) is 0.758. The molecule has 0 unspecified atom stereocenters. The van der Waals surface area contributed by atoms with Crippen LogP contribution in [0.1, 0.15) is 29.9 Å². The maximum atomic E-state index is 10.6. The van der Waals surface area contributed by atoms with Crippen molar-refractivity contribution in [2.75, 3.05) is 0 Å². The summed E-state index contributed by atoms with van der Waals surface area (Å²) in [5.74, 6) is 2.08. The van der Waals surface area contributed by atoms with Crippen LogP contribution in [0.2, 0.25) is 0 Å². The topological polar surface area (TPSA) is 26.3 Å². The zero-order chi connectivity index (χ0) is 12.4. The van der Waals surface area contributed by atoms with Crippen LogP contribution in [0.15, 0.2) is 48.5 Å². The zero-order valence-electron chi connectivity index (χ0n) is 10.0. The van der Waals surface area contributed by atoms with Crippen molar-refractivity contribution in [3.63, 3.8) is 0 Å². The first-order chi connectivity index (χ1) is 8.90. The summed E-state index contributed by atoms with van der Waals surface area (Å²) in [6, 6.07) is 16.1. The number of carbonyl (C=O) groups excluding carboxylic acids is 1. The van der Waals surface area contributed by atoms with Gasteiger partial charge in [-0.05, 0) is 18.6 Å². The van der Waals surface area contributed by atoms with Crippen molar-refractivity contribution < 1.29 is 9.53 Å². The molecule has 0 atom stereocenters. The minimum Gasteiger partial charge on any atom is -0.457 e. The first-order valence-electron chi connectivity index (χ1n) is 6.19. The van der Waals surface area contributed by atoms with Crippen molar-refractivity contribution >= 4 is 6.29 Å². The monoisotopic (exact) mass is 238 g/mol. The maximum Gasteiger partial charge on any atom is 0.131 e. The summed E-state index contributed by atoms with van der Waals surface area (Å²) < 4.78 is 5.90. The summed E-state index contributed by atoms with van der Waals surface area (Å²) in [4.78, 5) is 10.6. The van der Waals surface area contributed by atoms with E-state index < -0.39 is 0 Å². The van der Waals surface area contributed by atoms with Crippen LogP contribution in [0.5, 0.6) is 11.5 Å². The minimum absolute atomic E-state index is 0.261. The molecule has 0 bridgehead atoms. The molecule has 0 saturated heterocycles. The summed E-state index contributed by atoms with van der Waals surface area (Å²) in [6.07, 6.45) is 2.40. The number of hydrogen-bond acceptors (Lipinski definition) is 2. The van der Waals surface area contributed by atoms with Gasteiger partial charge in [0.25, 0.3) is 0 Å². The van der Waals surface area contributed by atoms with Crippen LogP contribution in [-0.2, 0) is 4.79 Å². The van der Waals surface area contributed by atoms with Crippen molar-refractivity contribution in [2.24, 2.45) is 0 Å². The Balaban J connectivity index is 2.08. The first kappa shape index (κ1) is 11.0. The summed E-state index contributed by atoms with van der Waals surface area (Å²) in [5, 5.41) is 0. The van der Waals surface area contributed by atoms with Gasteiger partial charge in [-0.3, -0.25) is 0 Å². The Bertz CT molecular complexity index is 529. The molecular weight excluding hydrogens is 224 g/mol. The Kier molecular flexibility index (Phi) is 2.85. The highest BCUT2D eigenvalue weighted by atomic mass is 16.5. The standard InChI is InChI=1S/C16H14O2/c17-11-5-8-12-13-6-1-3-9-15(13)18-16-10-4-2-7-14(12)16/h1-4,6-7,9-12H,5,8H2. The van der Waals surface area contributed by atoms with Gasteiger partial charge in [-0.25, -0.2) is 0 Å². The third-order valence-electron chi connectivity index (χ3n) is 3.38. The fourth-order valence-corrected chi connectivity index (χ4v) is 2.55. The van der Waals surface area contributed by atoms with Gasteiger partial charge in [0.15, 0.2) is 0 Å². The molecular formula is C16H14O2. The fourth-order valence-electron chi connectivity index (χ4n) is 2.55. The van der Waals surface area contributed by atoms with E-state index >= 15 is 0 Å². The van der Waals surface area contributed by atoms with Crippen LogP contribution in [0.25, 0.3) is 0 Å². The number of ether oxygens (including phenoxy) is 1. The molecule has 2 nitrogen and oxygen atoms in total. The third-order valence-corrected chi connectivity index (χ3v) is 3.38. The van der Waals surface area contributed by atoms with Crippen LogP contribution in [0, 0.1) is 0 Å². The van der Waals surface area contributed by atoms with E-state index in [0.717, 1.165) is 24.2 Å². The van der Waals surface area contributed by atoms with E-state index in [1.54, 1.807) is 0 Å². The number of aldehydes is 1. The maximum absolute atomic E-state index is 10.6. The van der Waals surface area contributed by atoms with Gasteiger partial charge in [0, 0.05) is 23.5 Å². The fraction of sp³-hybridized carbons (Fsp3) is 0.188. The second-order valence-corrected chi connectivity index (χ2v) is 4.47. The van der Waals surface area contributed by atoms with Crippen molar-refractivity contribution in [1.82, 2.24) is 0 Å². The van der Waals surface area contributed by atoms with Crippen LogP contribution in [0.4, 0.5) is 0 Å². The van der Waals surface area contributed by atoms with Gasteiger partial charge in [0.2, 0.25) is 0 Å². The lowest BCUT2D eigenvalue weighted by molar-refractivity contribution is -0.107. The van der Waals surface area contributed by atoms with E-state index in [2.05, 4.69) is 12.1 Å². The lowest BCUT2D eigenvalue weighted by atomic mass is 9.85. The van der Waals surface area contributed by atoms with E-state index in [1.165, 1.54) is 11.1 Å². The molecule has 18 heavy (non-hydrogen) atoms. The van der Waals surface area contributed by atoms with E-state index in [1.807, 2.05) is 36.4 Å². The molecule has 2 heteroatoms. The SMILES string of the molecule is O=CCCC1c2ccccc2Oc2ccccc21. The average molecular weight is 238 g/mol. The number of para-hydroxylation sites is 2. The molecule has 0 fully saturated rings. The van der Waals surface area contributed by atoms with Gasteiger partial charge in [0.05, 0.1) is 0 Å². The Morgan fingerprint density at radius 2 is 1.50 bits per heavy atom. The molecule has 3 rings (SSSR count). The predicted molar refractivity (Wildman–Crippen MR) is 70.1 cm³/mol. The van der Waals surface area contributed by atoms with Gasteiger partial charge >= 0.3 is 0 Å². The molecule has 1 aliphatic heterocycles. The average Bonchev–Trinajstić information content (AvgIpc) is 2.43. The molecule has 0 amide bonds. The molecule has 1 heterocycles. The molecule has 0 aromatic heterocycles. The Morgan fingerprint density at radius 1 is 0.944 bits per heavy atom. The molecule has 0 aliphatic carbocycles. The van der Waals surface area contributed by atoms with Crippen LogP contribution in [-0.4, -0.2) is 6.29 Å². The first-order valence-corrected chi connectivity index (χ1v) is 6.19. The van der Waals surface area contributed by atoms with Gasteiger partial charge in [-0.2, -0.15) is 0 Å². The van der Waals surface area contributed by atoms with E-state index in [4.69, 9.17) is 4.74 Å². The number of rotatable bonds is 3. The van der Waals surface area contributed by atoms with Crippen molar-refractivity contribution in [3.05, 3.63) is 59.7 Å². The predicted octanol–water partition coefficient (Wildman–Crippen LogP) is 3.90. The molecule has 0 N–H and O–H groups in total. The Labute approximate surface area is 106 Å². The van der Waals surface area contributed by atoms with Gasteiger partial charge < -0.3 is 9.53 Å². The van der Waals surface area contributed by atoms with E-state index in [9.17, 15) is 4.79 Å². The molecule has 2 aromatic carbocycles. The molecule has 0 saturated carbocycles. The van der Waals surface area contributed by atoms with E-state index in [-0.39, 0.29) is 5.92 Å². The second-order valence-electron chi connectivity index (χ2n) is 4.47. The Morgan fingerprint density at radius 3 is 2.06 bits per heavy atom. The van der Waals surface area contributed by atoms with Crippen molar-refractivity contribution in [2.45, 2.75) is 18.8 Å². The largest absolute Gasteiger partial charge is 0.457 e. The van der Waals surface area contributed by atoms with Crippen molar-refractivity contribution in [3.8, 4) is 11.5 Å². The molecule has 0 spiro atoms. The van der Waals surface area contributed by atoms with Gasteiger partial charge in [-0.15, -0.1) is 0 Å². The van der Waals surface area contributed by atoms with Crippen LogP contribution >= 0.6 is 0 Å². The molecule has 2 aromatic rings. The number of carbonyl (C=O) groups is 1. The number of fused-ring (bicyclic) bond motifs is 2. The zero-order valence-corrected chi connectivity index (χ0v) is 10.0. The number of benzene rings is 2. The second kappa shape index (κ2) is 4.65. The highest BCUT2D eigenvalue weighted by Gasteiger charge is 2.25.